The Morgan fingerprint density at radius 3 is 2.63 bits per heavy atom. The van der Waals surface area contributed by atoms with E-state index in [4.69, 9.17) is 23.2 Å². The first-order valence-corrected chi connectivity index (χ1v) is 7.61. The Morgan fingerprint density at radius 1 is 1.26 bits per heavy atom. The molecule has 1 N–H and O–H groups in total. The lowest BCUT2D eigenvalue weighted by Gasteiger charge is -2.34. The van der Waals surface area contributed by atoms with E-state index in [2.05, 4.69) is 9.88 Å². The number of hydrogen-bond acceptors (Lipinski definition) is 3. The van der Waals surface area contributed by atoms with Crippen LogP contribution in [0.15, 0.2) is 12.3 Å². The van der Waals surface area contributed by atoms with E-state index in [1.54, 1.807) is 12.3 Å². The SMILES string of the molecule is OCCN(Cc1cnc(Cl)cc1Cl)C1CCCCC1. The molecule has 2 rings (SSSR count). The van der Waals surface area contributed by atoms with Crippen molar-refractivity contribution in [3.8, 4) is 0 Å². The molecule has 0 aromatic carbocycles. The molecule has 0 unspecified atom stereocenters. The van der Waals surface area contributed by atoms with Gasteiger partial charge in [-0.1, -0.05) is 42.5 Å². The van der Waals surface area contributed by atoms with Crippen molar-refractivity contribution >= 4 is 23.2 Å². The van der Waals surface area contributed by atoms with Gasteiger partial charge in [-0.3, -0.25) is 4.90 Å². The maximum Gasteiger partial charge on any atom is 0.130 e. The van der Waals surface area contributed by atoms with Crippen LogP contribution in [0, 0.1) is 0 Å². The van der Waals surface area contributed by atoms with Gasteiger partial charge in [-0.2, -0.15) is 0 Å². The van der Waals surface area contributed by atoms with Crippen LogP contribution in [0.2, 0.25) is 10.2 Å². The normalized spacial score (nSPS) is 17.1. The Kier molecular flexibility index (Phi) is 5.89. The highest BCUT2D eigenvalue weighted by Crippen LogP contribution is 2.26. The number of nitrogens with zero attached hydrogens (tertiary/aromatic N) is 2. The van der Waals surface area contributed by atoms with E-state index in [9.17, 15) is 5.11 Å². The number of halogens is 2. The van der Waals surface area contributed by atoms with Crippen molar-refractivity contribution in [2.24, 2.45) is 0 Å². The lowest BCUT2D eigenvalue weighted by atomic mass is 9.94. The summed E-state index contributed by atoms with van der Waals surface area (Å²) in [6.45, 7) is 1.59. The molecule has 1 saturated carbocycles. The van der Waals surface area contributed by atoms with E-state index < -0.39 is 0 Å². The van der Waals surface area contributed by atoms with Gasteiger partial charge in [0.2, 0.25) is 0 Å². The molecule has 0 bridgehead atoms. The number of hydrogen-bond donors (Lipinski definition) is 1. The van der Waals surface area contributed by atoms with E-state index in [0.717, 1.165) is 12.1 Å². The molecule has 1 aromatic rings. The molecule has 0 amide bonds. The van der Waals surface area contributed by atoms with E-state index >= 15 is 0 Å². The molecule has 1 aliphatic carbocycles. The predicted molar refractivity (Wildman–Crippen MR) is 78.6 cm³/mol. The molecule has 0 aliphatic heterocycles. The number of aromatic nitrogens is 1. The molecule has 0 spiro atoms. The summed E-state index contributed by atoms with van der Waals surface area (Å²) in [5, 5.41) is 10.3. The van der Waals surface area contributed by atoms with Gasteiger partial charge in [-0.15, -0.1) is 0 Å². The standard InChI is InChI=1S/C14H20Cl2N2O/c15-13-8-14(16)17-9-11(13)10-18(6-7-19)12-4-2-1-3-5-12/h8-9,12,19H,1-7,10H2. The highest BCUT2D eigenvalue weighted by atomic mass is 35.5. The fourth-order valence-corrected chi connectivity index (χ4v) is 3.16. The Hall–Kier alpha value is -0.350. The molecule has 106 valence electrons. The van der Waals surface area contributed by atoms with Gasteiger partial charge in [0.05, 0.1) is 6.61 Å². The monoisotopic (exact) mass is 302 g/mol. The van der Waals surface area contributed by atoms with E-state index in [1.807, 2.05) is 0 Å². The van der Waals surface area contributed by atoms with Crippen LogP contribution in [0.3, 0.4) is 0 Å². The molecule has 5 heteroatoms. The Bertz CT molecular complexity index is 408. The van der Waals surface area contributed by atoms with Crippen molar-refractivity contribution in [1.29, 1.82) is 0 Å². The summed E-state index contributed by atoms with van der Waals surface area (Å²) < 4.78 is 0. The number of pyridine rings is 1. The highest BCUT2D eigenvalue weighted by Gasteiger charge is 2.21. The number of aliphatic hydroxyl groups is 1. The van der Waals surface area contributed by atoms with Gasteiger partial charge in [0.25, 0.3) is 0 Å². The second-order valence-electron chi connectivity index (χ2n) is 5.08. The second kappa shape index (κ2) is 7.44. The van der Waals surface area contributed by atoms with Crippen LogP contribution in [-0.4, -0.2) is 34.2 Å². The zero-order valence-corrected chi connectivity index (χ0v) is 12.5. The van der Waals surface area contributed by atoms with Gasteiger partial charge >= 0.3 is 0 Å². The average molecular weight is 303 g/mol. The maximum absolute atomic E-state index is 9.25. The third-order valence-electron chi connectivity index (χ3n) is 3.75. The summed E-state index contributed by atoms with van der Waals surface area (Å²) in [5.74, 6) is 0. The molecule has 0 radical (unpaired) electrons. The summed E-state index contributed by atoms with van der Waals surface area (Å²) in [6.07, 6.45) is 8.03. The number of aliphatic hydroxyl groups excluding tert-OH is 1. The van der Waals surface area contributed by atoms with Gasteiger partial charge < -0.3 is 5.11 Å². The van der Waals surface area contributed by atoms with E-state index in [-0.39, 0.29) is 6.61 Å². The number of rotatable bonds is 5. The van der Waals surface area contributed by atoms with Crippen LogP contribution in [0.1, 0.15) is 37.7 Å². The fraction of sp³-hybridized carbons (Fsp3) is 0.643. The molecule has 1 aliphatic rings. The molecule has 1 aromatic heterocycles. The van der Waals surface area contributed by atoms with Gasteiger partial charge in [-0.25, -0.2) is 4.98 Å². The lowest BCUT2D eigenvalue weighted by molar-refractivity contribution is 0.117. The van der Waals surface area contributed by atoms with Crippen LogP contribution in [0.4, 0.5) is 0 Å². The van der Waals surface area contributed by atoms with Crippen LogP contribution in [-0.2, 0) is 6.54 Å². The Labute approximate surface area is 124 Å². The van der Waals surface area contributed by atoms with E-state index in [0.29, 0.717) is 22.8 Å². The smallest absolute Gasteiger partial charge is 0.130 e. The quantitative estimate of drug-likeness (QED) is 0.846. The van der Waals surface area contributed by atoms with Gasteiger partial charge in [0, 0.05) is 35.9 Å². The molecule has 1 fully saturated rings. The summed E-state index contributed by atoms with van der Waals surface area (Å²) in [5.41, 5.74) is 0.977. The summed E-state index contributed by atoms with van der Waals surface area (Å²) in [6, 6.07) is 2.23. The first-order chi connectivity index (χ1) is 9.20. The van der Waals surface area contributed by atoms with Crippen molar-refractivity contribution in [3.05, 3.63) is 28.0 Å². The summed E-state index contributed by atoms with van der Waals surface area (Å²) in [7, 11) is 0. The third-order valence-corrected chi connectivity index (χ3v) is 4.31. The molecule has 3 nitrogen and oxygen atoms in total. The maximum atomic E-state index is 9.25. The van der Waals surface area contributed by atoms with Crippen LogP contribution in [0.25, 0.3) is 0 Å². The van der Waals surface area contributed by atoms with Crippen LogP contribution >= 0.6 is 23.2 Å². The minimum absolute atomic E-state index is 0.176. The average Bonchev–Trinajstić information content (AvgIpc) is 2.42. The zero-order valence-electron chi connectivity index (χ0n) is 11.0. The summed E-state index contributed by atoms with van der Waals surface area (Å²) >= 11 is 12.0. The van der Waals surface area contributed by atoms with Crippen molar-refractivity contribution in [3.63, 3.8) is 0 Å². The first-order valence-electron chi connectivity index (χ1n) is 6.85. The second-order valence-corrected chi connectivity index (χ2v) is 5.88. The molecule has 19 heavy (non-hydrogen) atoms. The van der Waals surface area contributed by atoms with Crippen molar-refractivity contribution in [2.45, 2.75) is 44.7 Å². The third kappa shape index (κ3) is 4.32. The molecule has 0 saturated heterocycles. The topological polar surface area (TPSA) is 36.4 Å². The van der Waals surface area contributed by atoms with Crippen molar-refractivity contribution in [1.82, 2.24) is 9.88 Å². The fourth-order valence-electron chi connectivity index (χ4n) is 2.74. The van der Waals surface area contributed by atoms with Crippen LogP contribution < -0.4 is 0 Å². The molecule has 1 heterocycles. The van der Waals surface area contributed by atoms with E-state index in [1.165, 1.54) is 32.1 Å². The molecule has 0 atom stereocenters. The predicted octanol–water partition coefficient (Wildman–Crippen LogP) is 3.52. The Balaban J connectivity index is 2.06. The zero-order chi connectivity index (χ0) is 13.7. The van der Waals surface area contributed by atoms with Gasteiger partial charge in [-0.05, 0) is 18.9 Å². The summed E-state index contributed by atoms with van der Waals surface area (Å²) in [4.78, 5) is 6.41. The van der Waals surface area contributed by atoms with Crippen LogP contribution in [0.5, 0.6) is 0 Å². The van der Waals surface area contributed by atoms with Gasteiger partial charge in [0.1, 0.15) is 5.15 Å². The largest absolute Gasteiger partial charge is 0.395 e. The lowest BCUT2D eigenvalue weighted by Crippen LogP contribution is -2.38. The van der Waals surface area contributed by atoms with Crippen molar-refractivity contribution in [2.75, 3.05) is 13.2 Å². The minimum Gasteiger partial charge on any atom is -0.395 e. The molecular formula is C14H20Cl2N2O. The Morgan fingerprint density at radius 2 is 2.00 bits per heavy atom. The minimum atomic E-state index is 0.176. The first kappa shape index (κ1) is 15.0. The highest BCUT2D eigenvalue weighted by molar-refractivity contribution is 6.34. The van der Waals surface area contributed by atoms with Gasteiger partial charge in [0.15, 0.2) is 0 Å². The van der Waals surface area contributed by atoms with Crippen molar-refractivity contribution < 1.29 is 5.11 Å². The molecular weight excluding hydrogens is 283 g/mol.